The molecule has 0 bridgehead atoms. The summed E-state index contributed by atoms with van der Waals surface area (Å²) in [5.41, 5.74) is 1.88. The zero-order valence-corrected chi connectivity index (χ0v) is 18.5. The van der Waals surface area contributed by atoms with Crippen molar-refractivity contribution in [2.75, 3.05) is 17.2 Å². The Kier molecular flexibility index (Phi) is 8.71. The largest absolute Gasteiger partial charge is 0.481 e. The molecule has 0 saturated heterocycles. The van der Waals surface area contributed by atoms with Crippen LogP contribution in [0.2, 0.25) is 0 Å². The van der Waals surface area contributed by atoms with E-state index in [0.717, 1.165) is 24.1 Å². The number of rotatable bonds is 10. The van der Waals surface area contributed by atoms with Crippen molar-refractivity contribution in [2.24, 2.45) is 0 Å². The summed E-state index contributed by atoms with van der Waals surface area (Å²) >= 11 is 0. The molecule has 3 aromatic rings. The average molecular weight is 457 g/mol. The Morgan fingerprint density at radius 2 is 2.00 bits per heavy atom. The molecule has 1 saturated carbocycles. The molecule has 33 heavy (non-hydrogen) atoms. The van der Waals surface area contributed by atoms with E-state index in [0.29, 0.717) is 29.9 Å². The maximum atomic E-state index is 13.1. The number of aliphatic hydroxyl groups is 1. The Morgan fingerprint density at radius 3 is 2.61 bits per heavy atom. The van der Waals surface area contributed by atoms with Gasteiger partial charge in [-0.1, -0.05) is 25.5 Å². The number of halogens is 1. The molecule has 0 amide bonds. The summed E-state index contributed by atoms with van der Waals surface area (Å²) in [4.78, 5) is 18.3. The molecule has 1 atom stereocenters. The zero-order valence-electron chi connectivity index (χ0n) is 18.5. The van der Waals surface area contributed by atoms with E-state index in [1.165, 1.54) is 25.0 Å². The number of nitrogens with zero attached hydrogens (tertiary/aromatic N) is 3. The zero-order chi connectivity index (χ0) is 23.6. The number of H-pyrrole nitrogens is 1. The molecular formula is C23H29FN6O3. The molecule has 2 heterocycles. The summed E-state index contributed by atoms with van der Waals surface area (Å²) in [7, 11) is 0. The van der Waals surface area contributed by atoms with Gasteiger partial charge in [0, 0.05) is 30.3 Å². The van der Waals surface area contributed by atoms with E-state index in [1.807, 2.05) is 13.0 Å². The summed E-state index contributed by atoms with van der Waals surface area (Å²) in [6.07, 6.45) is 6.10. The van der Waals surface area contributed by atoms with E-state index in [4.69, 9.17) is 5.11 Å². The van der Waals surface area contributed by atoms with Gasteiger partial charge in [-0.15, -0.1) is 0 Å². The first-order chi connectivity index (χ1) is 16.0. The molecule has 176 valence electrons. The lowest BCUT2D eigenvalue weighted by Gasteiger charge is -2.17. The fourth-order valence-corrected chi connectivity index (χ4v) is 3.05. The predicted octanol–water partition coefficient (Wildman–Crippen LogP) is 4.37. The lowest BCUT2D eigenvalue weighted by atomic mass is 10.1. The molecule has 0 radical (unpaired) electrons. The highest BCUT2D eigenvalue weighted by molar-refractivity contribution is 5.66. The van der Waals surface area contributed by atoms with E-state index >= 15 is 0 Å². The second-order valence-electron chi connectivity index (χ2n) is 7.80. The van der Waals surface area contributed by atoms with Gasteiger partial charge in [-0.2, -0.15) is 10.1 Å². The van der Waals surface area contributed by atoms with Crippen LogP contribution < -0.4 is 10.6 Å². The number of hydrogen-bond acceptors (Lipinski definition) is 7. The van der Waals surface area contributed by atoms with Crippen LogP contribution in [0.15, 0.2) is 42.6 Å². The Labute approximate surface area is 191 Å². The van der Waals surface area contributed by atoms with Gasteiger partial charge in [0.15, 0.2) is 5.82 Å². The summed E-state index contributed by atoms with van der Waals surface area (Å²) < 4.78 is 13.1. The van der Waals surface area contributed by atoms with Crippen LogP contribution >= 0.6 is 0 Å². The number of nitrogens with one attached hydrogen (secondary N) is 3. The number of carboxylic acid groups (broad SMARTS) is 1. The molecule has 1 unspecified atom stereocenters. The van der Waals surface area contributed by atoms with Crippen LogP contribution in [0.25, 0.3) is 0 Å². The number of benzene rings is 1. The lowest BCUT2D eigenvalue weighted by Crippen LogP contribution is -2.16. The Hall–Kier alpha value is -3.53. The number of unbranched alkanes of at least 4 members (excludes halogenated alkanes) is 1. The highest BCUT2D eigenvalue weighted by Crippen LogP contribution is 2.39. The topological polar surface area (TPSA) is 136 Å². The third-order valence-corrected chi connectivity index (χ3v) is 5.03. The molecule has 4 rings (SSSR count). The predicted molar refractivity (Wildman–Crippen MR) is 123 cm³/mol. The van der Waals surface area contributed by atoms with Crippen molar-refractivity contribution >= 4 is 23.6 Å². The van der Waals surface area contributed by atoms with Crippen molar-refractivity contribution in [1.82, 2.24) is 20.2 Å². The van der Waals surface area contributed by atoms with E-state index in [-0.39, 0.29) is 12.4 Å². The molecule has 5 N–H and O–H groups in total. The number of aromatic amines is 1. The summed E-state index contributed by atoms with van der Waals surface area (Å²) in [6.45, 7) is 1.81. The Morgan fingerprint density at radius 1 is 1.24 bits per heavy atom. The minimum Gasteiger partial charge on any atom is -0.481 e. The molecular weight excluding hydrogens is 427 g/mol. The van der Waals surface area contributed by atoms with Crippen molar-refractivity contribution in [1.29, 1.82) is 0 Å². The number of carboxylic acids is 1. The summed E-state index contributed by atoms with van der Waals surface area (Å²) in [6, 6.07) is 9.24. The highest BCUT2D eigenvalue weighted by Gasteiger charge is 2.25. The minimum absolute atomic E-state index is 0.170. The van der Waals surface area contributed by atoms with Crippen LogP contribution in [0.1, 0.15) is 62.2 Å². The van der Waals surface area contributed by atoms with Gasteiger partial charge >= 0.3 is 5.97 Å². The fraction of sp³-hybridized carbons (Fsp3) is 0.391. The lowest BCUT2D eigenvalue weighted by molar-refractivity contribution is -0.137. The van der Waals surface area contributed by atoms with E-state index in [1.54, 1.807) is 24.4 Å². The van der Waals surface area contributed by atoms with Crippen LogP contribution in [0.3, 0.4) is 0 Å². The first-order valence-corrected chi connectivity index (χ1v) is 11.0. The maximum Gasteiger partial charge on any atom is 0.303 e. The molecule has 9 nitrogen and oxygen atoms in total. The summed E-state index contributed by atoms with van der Waals surface area (Å²) in [5, 5.41) is 31.2. The van der Waals surface area contributed by atoms with Crippen molar-refractivity contribution in [3.63, 3.8) is 0 Å². The number of hydrogen-bond donors (Lipinski definition) is 5. The molecule has 10 heteroatoms. The number of aliphatic carboxylic acids is 1. The van der Waals surface area contributed by atoms with Gasteiger partial charge in [0.2, 0.25) is 5.95 Å². The molecule has 1 aromatic carbocycles. The molecule has 0 spiro atoms. The molecule has 2 aromatic heterocycles. The van der Waals surface area contributed by atoms with Gasteiger partial charge in [0.1, 0.15) is 11.6 Å². The average Bonchev–Trinajstić information content (AvgIpc) is 3.56. The van der Waals surface area contributed by atoms with Crippen molar-refractivity contribution in [3.8, 4) is 0 Å². The van der Waals surface area contributed by atoms with Gasteiger partial charge in [0.05, 0.1) is 12.6 Å². The van der Waals surface area contributed by atoms with E-state index < -0.39 is 12.0 Å². The van der Waals surface area contributed by atoms with Crippen LogP contribution in [0.5, 0.6) is 0 Å². The van der Waals surface area contributed by atoms with Crippen molar-refractivity contribution in [3.05, 3.63) is 59.7 Å². The van der Waals surface area contributed by atoms with Crippen molar-refractivity contribution < 1.29 is 19.4 Å². The minimum atomic E-state index is -0.693. The number of aromatic nitrogens is 4. The second kappa shape index (κ2) is 11.9. The fourth-order valence-electron chi connectivity index (χ4n) is 3.05. The Bertz CT molecular complexity index is 1020. The van der Waals surface area contributed by atoms with Crippen molar-refractivity contribution in [2.45, 2.75) is 51.0 Å². The maximum absolute atomic E-state index is 13.1. The van der Waals surface area contributed by atoms with Crippen LogP contribution in [-0.4, -0.2) is 43.0 Å². The van der Waals surface area contributed by atoms with E-state index in [9.17, 15) is 14.3 Å². The molecule has 1 aliphatic rings. The smallest absolute Gasteiger partial charge is 0.303 e. The third-order valence-electron chi connectivity index (χ3n) is 5.03. The van der Waals surface area contributed by atoms with Gasteiger partial charge in [-0.05, 0) is 43.0 Å². The highest BCUT2D eigenvalue weighted by atomic mass is 19.1. The number of anilines is 3. The van der Waals surface area contributed by atoms with Gasteiger partial charge in [-0.25, -0.2) is 9.37 Å². The number of aliphatic hydroxyl groups excluding tert-OH is 1. The van der Waals surface area contributed by atoms with Gasteiger partial charge in [0.25, 0.3) is 0 Å². The first-order valence-electron chi connectivity index (χ1n) is 11.0. The SMILES string of the molecule is CCCCC(=O)O.OCC(Nc1nccc(Nc2cc(C3CC3)[nH]n2)n1)c1ccc(F)cc1. The van der Waals surface area contributed by atoms with Crippen LogP contribution in [0.4, 0.5) is 22.0 Å². The van der Waals surface area contributed by atoms with E-state index in [2.05, 4.69) is 30.8 Å². The Balaban J connectivity index is 0.000000383. The first kappa shape index (κ1) is 24.1. The molecule has 1 fully saturated rings. The molecule has 0 aliphatic heterocycles. The quantitative estimate of drug-likeness (QED) is 0.303. The number of carbonyl (C=O) groups is 1. The standard InChI is InChI=1S/C18H19FN6O.C5H10O2/c19-13-5-3-12(4-6-13)15(10-26)21-18-20-8-7-16(23-18)22-17-9-14(24-25-17)11-1-2-11;1-2-3-4-5(6)7/h3-9,11,15,26H,1-2,10H2,(H3,20,21,22,23,24,25);2-4H2,1H3,(H,6,7). The van der Waals surface area contributed by atoms with Gasteiger partial charge < -0.3 is 20.8 Å². The summed E-state index contributed by atoms with van der Waals surface area (Å²) in [5.74, 6) is 1.23. The third kappa shape index (κ3) is 7.83. The van der Waals surface area contributed by atoms with Crippen LogP contribution in [0, 0.1) is 5.82 Å². The monoisotopic (exact) mass is 456 g/mol. The second-order valence-corrected chi connectivity index (χ2v) is 7.80. The van der Waals surface area contributed by atoms with Gasteiger partial charge in [-0.3, -0.25) is 9.89 Å². The van der Waals surface area contributed by atoms with Crippen LogP contribution in [-0.2, 0) is 4.79 Å². The normalized spacial score (nSPS) is 13.5. The molecule has 1 aliphatic carbocycles.